The van der Waals surface area contributed by atoms with E-state index in [1.165, 1.54) is 6.07 Å². The van der Waals surface area contributed by atoms with Gasteiger partial charge in [0, 0.05) is 44.2 Å². The van der Waals surface area contributed by atoms with Crippen molar-refractivity contribution in [3.05, 3.63) is 35.5 Å². The highest BCUT2D eigenvalue weighted by atomic mass is 19.1. The van der Waals surface area contributed by atoms with Crippen LogP contribution in [0.3, 0.4) is 0 Å². The van der Waals surface area contributed by atoms with E-state index in [2.05, 4.69) is 32.2 Å². The molecule has 30 heavy (non-hydrogen) atoms. The highest BCUT2D eigenvalue weighted by Gasteiger charge is 2.19. The lowest BCUT2D eigenvalue weighted by Crippen LogP contribution is -2.50. The first-order chi connectivity index (χ1) is 14.4. The molecule has 1 atom stereocenters. The number of benzene rings is 1. The van der Waals surface area contributed by atoms with Crippen molar-refractivity contribution in [3.63, 3.8) is 0 Å². The Bertz CT molecular complexity index is 833. The van der Waals surface area contributed by atoms with Crippen LogP contribution in [0.15, 0.2) is 22.7 Å². The molecular weight excluding hydrogens is 385 g/mol. The second kappa shape index (κ2) is 10.6. The molecule has 0 radical (unpaired) electrons. The molecule has 0 bridgehead atoms. The van der Waals surface area contributed by atoms with Gasteiger partial charge >= 0.3 is 0 Å². The third kappa shape index (κ3) is 6.34. The van der Waals surface area contributed by atoms with E-state index in [4.69, 9.17) is 4.52 Å². The summed E-state index contributed by atoms with van der Waals surface area (Å²) in [5.41, 5.74) is 1.22. The quantitative estimate of drug-likeness (QED) is 0.676. The van der Waals surface area contributed by atoms with Crippen molar-refractivity contribution in [1.82, 2.24) is 25.3 Å². The zero-order chi connectivity index (χ0) is 21.5. The van der Waals surface area contributed by atoms with E-state index in [0.717, 1.165) is 45.6 Å². The van der Waals surface area contributed by atoms with E-state index in [1.54, 1.807) is 19.1 Å². The number of aryl methyl sites for hydroxylation is 2. The number of hydrogen-bond donors (Lipinski definition) is 1. The summed E-state index contributed by atoms with van der Waals surface area (Å²) in [6.07, 6.45) is 2.56. The minimum atomic E-state index is -0.268. The molecule has 0 saturated carbocycles. The first-order valence-corrected chi connectivity index (χ1v) is 10.8. The Balaban J connectivity index is 1.37. The highest BCUT2D eigenvalue weighted by molar-refractivity contribution is 5.78. The molecule has 164 valence electrons. The van der Waals surface area contributed by atoms with Crippen LogP contribution in [-0.4, -0.2) is 71.2 Å². The van der Waals surface area contributed by atoms with Crippen LogP contribution in [0, 0.1) is 12.7 Å². The Morgan fingerprint density at radius 1 is 1.27 bits per heavy atom. The van der Waals surface area contributed by atoms with Gasteiger partial charge in [-0.25, -0.2) is 4.39 Å². The molecule has 1 aromatic heterocycles. The van der Waals surface area contributed by atoms with Crippen LogP contribution in [0.25, 0.3) is 11.4 Å². The molecular formula is C22H32FN5O2. The van der Waals surface area contributed by atoms with Gasteiger partial charge in [0.05, 0.1) is 6.54 Å². The molecule has 0 spiro atoms. The summed E-state index contributed by atoms with van der Waals surface area (Å²) in [5, 5.41) is 7.00. The van der Waals surface area contributed by atoms with Gasteiger partial charge in [0.15, 0.2) is 0 Å². The van der Waals surface area contributed by atoms with E-state index in [-0.39, 0.29) is 17.8 Å². The molecule has 1 aromatic carbocycles. The maximum Gasteiger partial charge on any atom is 0.234 e. The molecule has 1 fully saturated rings. The monoisotopic (exact) mass is 417 g/mol. The molecule has 1 saturated heterocycles. The topological polar surface area (TPSA) is 74.5 Å². The largest absolute Gasteiger partial charge is 0.353 e. The summed E-state index contributed by atoms with van der Waals surface area (Å²) in [5.74, 6) is 0.841. The lowest BCUT2D eigenvalue weighted by molar-refractivity contribution is -0.123. The minimum absolute atomic E-state index is 0.110. The number of halogens is 1. The number of aromatic nitrogens is 2. The standard InChI is InChI=1S/C22H32FN5O2/c1-4-17(3)24-20(29)15-28-12-10-27(11-13-28)9-5-6-21-25-22(26-30-21)18-8-7-16(2)19(23)14-18/h7-8,14,17H,4-6,9-13,15H2,1-3H3,(H,24,29). The summed E-state index contributed by atoms with van der Waals surface area (Å²) >= 11 is 0. The average Bonchev–Trinajstić information content (AvgIpc) is 3.20. The van der Waals surface area contributed by atoms with Gasteiger partial charge in [-0.1, -0.05) is 24.2 Å². The maximum absolute atomic E-state index is 13.7. The van der Waals surface area contributed by atoms with E-state index >= 15 is 0 Å². The average molecular weight is 418 g/mol. The van der Waals surface area contributed by atoms with Crippen molar-refractivity contribution >= 4 is 5.91 Å². The van der Waals surface area contributed by atoms with Crippen LogP contribution in [0.2, 0.25) is 0 Å². The van der Waals surface area contributed by atoms with Gasteiger partial charge in [-0.05, 0) is 44.9 Å². The van der Waals surface area contributed by atoms with Gasteiger partial charge in [0.2, 0.25) is 17.6 Å². The van der Waals surface area contributed by atoms with E-state index in [0.29, 0.717) is 35.8 Å². The van der Waals surface area contributed by atoms with Gasteiger partial charge in [0.1, 0.15) is 5.82 Å². The van der Waals surface area contributed by atoms with E-state index < -0.39 is 0 Å². The molecule has 2 heterocycles. The summed E-state index contributed by atoms with van der Waals surface area (Å²) in [4.78, 5) is 21.0. The predicted molar refractivity (Wildman–Crippen MR) is 114 cm³/mol. The third-order valence-electron chi connectivity index (χ3n) is 5.61. The van der Waals surface area contributed by atoms with Gasteiger partial charge in [-0.2, -0.15) is 4.98 Å². The number of nitrogens with one attached hydrogen (secondary N) is 1. The SMILES string of the molecule is CCC(C)NC(=O)CN1CCN(CCCc2nc(-c3ccc(C)c(F)c3)no2)CC1. The minimum Gasteiger partial charge on any atom is -0.353 e. The number of nitrogens with zero attached hydrogens (tertiary/aromatic N) is 4. The smallest absolute Gasteiger partial charge is 0.234 e. The summed E-state index contributed by atoms with van der Waals surface area (Å²) < 4.78 is 19.1. The normalized spacial score (nSPS) is 16.5. The van der Waals surface area contributed by atoms with Gasteiger partial charge in [0.25, 0.3) is 0 Å². The summed E-state index contributed by atoms with van der Waals surface area (Å²) in [7, 11) is 0. The fourth-order valence-electron chi connectivity index (χ4n) is 3.46. The maximum atomic E-state index is 13.7. The molecule has 1 unspecified atom stereocenters. The molecule has 3 rings (SSSR count). The van der Waals surface area contributed by atoms with Crippen LogP contribution in [-0.2, 0) is 11.2 Å². The number of amides is 1. The Labute approximate surface area is 177 Å². The van der Waals surface area contributed by atoms with Gasteiger partial charge in [-0.15, -0.1) is 0 Å². The van der Waals surface area contributed by atoms with Crippen LogP contribution in [0.4, 0.5) is 4.39 Å². The number of piperazine rings is 1. The van der Waals surface area contributed by atoms with Crippen molar-refractivity contribution in [2.75, 3.05) is 39.3 Å². The molecule has 0 aliphatic carbocycles. The second-order valence-electron chi connectivity index (χ2n) is 8.07. The Kier molecular flexibility index (Phi) is 7.93. The number of carbonyl (C=O) groups excluding carboxylic acids is 1. The van der Waals surface area contributed by atoms with Gasteiger partial charge in [-0.3, -0.25) is 9.69 Å². The molecule has 7 nitrogen and oxygen atoms in total. The van der Waals surface area contributed by atoms with Crippen molar-refractivity contribution in [2.24, 2.45) is 0 Å². The Morgan fingerprint density at radius 2 is 2.00 bits per heavy atom. The van der Waals surface area contributed by atoms with Crippen molar-refractivity contribution in [3.8, 4) is 11.4 Å². The fraction of sp³-hybridized carbons (Fsp3) is 0.591. The highest BCUT2D eigenvalue weighted by Crippen LogP contribution is 2.19. The Hall–Kier alpha value is -2.32. The lowest BCUT2D eigenvalue weighted by Gasteiger charge is -2.34. The number of hydrogen-bond acceptors (Lipinski definition) is 6. The number of rotatable bonds is 9. The molecule has 1 N–H and O–H groups in total. The lowest BCUT2D eigenvalue weighted by atomic mass is 10.1. The zero-order valence-electron chi connectivity index (χ0n) is 18.2. The third-order valence-corrected chi connectivity index (χ3v) is 5.61. The Morgan fingerprint density at radius 3 is 2.70 bits per heavy atom. The number of carbonyl (C=O) groups is 1. The summed E-state index contributed by atoms with van der Waals surface area (Å²) in [6, 6.07) is 5.19. The van der Waals surface area contributed by atoms with Crippen molar-refractivity contribution in [2.45, 2.75) is 46.1 Å². The van der Waals surface area contributed by atoms with Crippen LogP contribution >= 0.6 is 0 Å². The van der Waals surface area contributed by atoms with E-state index in [9.17, 15) is 9.18 Å². The summed E-state index contributed by atoms with van der Waals surface area (Å²) in [6.45, 7) is 11.0. The first kappa shape index (κ1) is 22.4. The van der Waals surface area contributed by atoms with Crippen molar-refractivity contribution in [1.29, 1.82) is 0 Å². The van der Waals surface area contributed by atoms with Crippen LogP contribution in [0.1, 0.15) is 38.1 Å². The molecule has 1 amide bonds. The van der Waals surface area contributed by atoms with Crippen LogP contribution < -0.4 is 5.32 Å². The van der Waals surface area contributed by atoms with Gasteiger partial charge < -0.3 is 14.7 Å². The first-order valence-electron chi connectivity index (χ1n) is 10.8. The van der Waals surface area contributed by atoms with E-state index in [1.807, 2.05) is 6.92 Å². The zero-order valence-corrected chi connectivity index (χ0v) is 18.2. The molecule has 1 aliphatic rings. The second-order valence-corrected chi connectivity index (χ2v) is 8.07. The van der Waals surface area contributed by atoms with Crippen molar-refractivity contribution < 1.29 is 13.7 Å². The molecule has 8 heteroatoms. The van der Waals surface area contributed by atoms with Crippen LogP contribution in [0.5, 0.6) is 0 Å². The predicted octanol–water partition coefficient (Wildman–Crippen LogP) is 2.65. The fourth-order valence-corrected chi connectivity index (χ4v) is 3.46. The molecule has 1 aliphatic heterocycles. The molecule has 2 aromatic rings.